The Labute approximate surface area is 338 Å². The fourth-order valence-corrected chi connectivity index (χ4v) is 8.59. The summed E-state index contributed by atoms with van der Waals surface area (Å²) in [5, 5.41) is 2.36. The summed E-state index contributed by atoms with van der Waals surface area (Å²) >= 11 is 0. The molecule has 5 heteroatoms. The van der Waals surface area contributed by atoms with E-state index in [1.807, 2.05) is 12.1 Å². The quantitative estimate of drug-likeness (QED) is 0.168. The number of benzene rings is 9. The molecule has 0 N–H and O–H groups in total. The van der Waals surface area contributed by atoms with Crippen molar-refractivity contribution in [3.05, 3.63) is 212 Å². The largest absolute Gasteiger partial charge is 0.453 e. The molecule has 0 unspecified atom stereocenters. The summed E-state index contributed by atoms with van der Waals surface area (Å²) in [5.74, 6) is 1.62. The van der Waals surface area contributed by atoms with Crippen LogP contribution < -0.4 is 24.3 Å². The number of anilines is 11. The summed E-state index contributed by atoms with van der Waals surface area (Å²) in [6.07, 6.45) is 0. The number of nitrogens with zero attached hydrogens (tertiary/aromatic N) is 4. The van der Waals surface area contributed by atoms with E-state index >= 15 is 0 Å². The van der Waals surface area contributed by atoms with Crippen molar-refractivity contribution < 1.29 is 4.74 Å². The Morgan fingerprint density at radius 1 is 0.379 bits per heavy atom. The number of hydrogen-bond donors (Lipinski definition) is 0. The zero-order valence-corrected chi connectivity index (χ0v) is 31.9. The van der Waals surface area contributed by atoms with Crippen LogP contribution in [0.3, 0.4) is 0 Å². The minimum atomic E-state index is 0.797. The van der Waals surface area contributed by atoms with Crippen LogP contribution in [0.15, 0.2) is 212 Å². The number of para-hydroxylation sites is 6. The Morgan fingerprint density at radius 3 is 1.71 bits per heavy atom. The van der Waals surface area contributed by atoms with E-state index in [1.165, 1.54) is 22.1 Å². The molecule has 0 spiro atoms. The van der Waals surface area contributed by atoms with E-state index in [0.29, 0.717) is 0 Å². The second-order valence-corrected chi connectivity index (χ2v) is 14.7. The van der Waals surface area contributed by atoms with E-state index in [-0.39, 0.29) is 0 Å². The Kier molecular flexibility index (Phi) is 7.97. The average molecular weight is 747 g/mol. The molecule has 0 saturated carbocycles. The lowest BCUT2D eigenvalue weighted by atomic mass is 9.99. The average Bonchev–Trinajstić information content (AvgIpc) is 3.29. The maximum atomic E-state index is 6.69. The molecular formula is C53H38N4O. The van der Waals surface area contributed by atoms with Gasteiger partial charge in [0.25, 0.3) is 0 Å². The maximum absolute atomic E-state index is 6.69. The van der Waals surface area contributed by atoms with Crippen LogP contribution in [0.5, 0.6) is 11.5 Å². The minimum absolute atomic E-state index is 0.797. The van der Waals surface area contributed by atoms with Crippen LogP contribution in [0, 0.1) is 0 Å². The molecular weight excluding hydrogens is 709 g/mol. The van der Waals surface area contributed by atoms with Crippen molar-refractivity contribution in [3.8, 4) is 22.6 Å². The van der Waals surface area contributed by atoms with Gasteiger partial charge in [-0.25, -0.2) is 0 Å². The highest BCUT2D eigenvalue weighted by Crippen LogP contribution is 2.54. The zero-order chi connectivity index (χ0) is 38.6. The second kappa shape index (κ2) is 13.8. The van der Waals surface area contributed by atoms with Gasteiger partial charge in [0.05, 0.1) is 45.5 Å². The highest BCUT2D eigenvalue weighted by atomic mass is 16.5. The van der Waals surface area contributed by atoms with E-state index in [0.717, 1.165) is 73.8 Å². The molecule has 2 aliphatic heterocycles. The van der Waals surface area contributed by atoms with Crippen LogP contribution >= 0.6 is 0 Å². The van der Waals surface area contributed by atoms with Crippen molar-refractivity contribution in [2.45, 2.75) is 0 Å². The molecule has 0 bridgehead atoms. The van der Waals surface area contributed by atoms with Gasteiger partial charge in [-0.15, -0.1) is 0 Å². The van der Waals surface area contributed by atoms with Crippen LogP contribution in [0.1, 0.15) is 0 Å². The van der Waals surface area contributed by atoms with Crippen molar-refractivity contribution in [1.82, 2.24) is 0 Å². The molecule has 0 aliphatic carbocycles. The lowest BCUT2D eigenvalue weighted by Crippen LogP contribution is -2.24. The number of hydrogen-bond acceptors (Lipinski definition) is 5. The van der Waals surface area contributed by atoms with Crippen LogP contribution in [0.25, 0.3) is 21.9 Å². The first-order valence-electron chi connectivity index (χ1n) is 19.7. The third-order valence-electron chi connectivity index (χ3n) is 11.3. The topological polar surface area (TPSA) is 22.2 Å². The third kappa shape index (κ3) is 5.55. The molecule has 0 amide bonds. The van der Waals surface area contributed by atoms with Gasteiger partial charge in [-0.05, 0) is 108 Å². The number of ether oxygens (including phenoxy) is 1. The first-order valence-corrected chi connectivity index (χ1v) is 19.7. The van der Waals surface area contributed by atoms with Gasteiger partial charge >= 0.3 is 0 Å². The zero-order valence-electron chi connectivity index (χ0n) is 31.9. The number of fused-ring (bicyclic) bond motifs is 5. The minimum Gasteiger partial charge on any atom is -0.453 e. The van der Waals surface area contributed by atoms with Crippen molar-refractivity contribution >= 4 is 73.3 Å². The summed E-state index contributed by atoms with van der Waals surface area (Å²) in [6.45, 7) is 0. The molecule has 2 aliphatic rings. The highest BCUT2D eigenvalue weighted by Gasteiger charge is 2.29. The fraction of sp³-hybridized carbons (Fsp3) is 0.0189. The van der Waals surface area contributed by atoms with Crippen LogP contribution in [0.2, 0.25) is 0 Å². The first-order chi connectivity index (χ1) is 28.7. The van der Waals surface area contributed by atoms with E-state index in [4.69, 9.17) is 4.74 Å². The smallest absolute Gasteiger partial charge is 0.153 e. The Bertz CT molecular complexity index is 2960. The lowest BCUT2D eigenvalue weighted by Gasteiger charge is -2.38. The Balaban J connectivity index is 1.01. The molecule has 9 aromatic carbocycles. The van der Waals surface area contributed by atoms with Crippen molar-refractivity contribution in [1.29, 1.82) is 0 Å². The molecule has 0 aromatic heterocycles. The van der Waals surface area contributed by atoms with Gasteiger partial charge in [0, 0.05) is 35.6 Å². The highest BCUT2D eigenvalue weighted by molar-refractivity contribution is 6.01. The molecule has 0 atom stereocenters. The Morgan fingerprint density at radius 2 is 0.931 bits per heavy atom. The molecule has 58 heavy (non-hydrogen) atoms. The summed E-state index contributed by atoms with van der Waals surface area (Å²) in [7, 11) is 2.16. The summed E-state index contributed by atoms with van der Waals surface area (Å²) in [5.41, 5.74) is 14.3. The van der Waals surface area contributed by atoms with E-state index < -0.39 is 0 Å². The predicted octanol–water partition coefficient (Wildman–Crippen LogP) is 15.1. The monoisotopic (exact) mass is 746 g/mol. The molecule has 9 aromatic rings. The van der Waals surface area contributed by atoms with Crippen molar-refractivity contribution in [2.75, 3.05) is 26.6 Å². The normalized spacial score (nSPS) is 12.6. The van der Waals surface area contributed by atoms with Crippen LogP contribution in [0.4, 0.5) is 62.6 Å². The summed E-state index contributed by atoms with van der Waals surface area (Å²) < 4.78 is 6.69. The lowest BCUT2D eigenvalue weighted by molar-refractivity contribution is 0.477. The molecule has 11 rings (SSSR count). The van der Waals surface area contributed by atoms with Crippen LogP contribution in [-0.4, -0.2) is 7.05 Å². The third-order valence-corrected chi connectivity index (χ3v) is 11.3. The molecule has 2 heterocycles. The maximum Gasteiger partial charge on any atom is 0.153 e. The molecule has 276 valence electrons. The molecule has 0 radical (unpaired) electrons. The SMILES string of the molecule is CN1c2ccccc2N(c2ccccc2)c2ccc(-c3ccc(N(c4ccc5c(c4)Oc4ccccc4N5c4ccccc4)c4cccc5ccccc45)cc3)cc21. The molecule has 5 nitrogen and oxygen atoms in total. The molecule has 0 saturated heterocycles. The Hall–Kier alpha value is -7.76. The number of rotatable bonds is 6. The van der Waals surface area contributed by atoms with Gasteiger partial charge in [0.2, 0.25) is 0 Å². The van der Waals surface area contributed by atoms with Crippen molar-refractivity contribution in [3.63, 3.8) is 0 Å². The van der Waals surface area contributed by atoms with Gasteiger partial charge in [0.1, 0.15) is 0 Å². The second-order valence-electron chi connectivity index (χ2n) is 14.7. The fourth-order valence-electron chi connectivity index (χ4n) is 8.59. The first kappa shape index (κ1) is 33.6. The standard InChI is InChI=1S/C53H38N4O/c1-54-46-22-10-11-23-47(46)56(40-17-4-2-5-18-40)48-33-29-39(35-51(48)54)37-27-30-42(31-28-37)55(45-25-14-16-38-15-8-9-21-44(38)45)43-32-34-50-53(36-43)58-52-26-13-12-24-49(52)57(50)41-19-6-3-7-20-41/h2-36H,1H3. The van der Waals surface area contributed by atoms with Gasteiger partial charge in [-0.3, -0.25) is 0 Å². The van der Waals surface area contributed by atoms with Gasteiger partial charge in [-0.1, -0.05) is 115 Å². The van der Waals surface area contributed by atoms with Crippen molar-refractivity contribution in [2.24, 2.45) is 0 Å². The van der Waals surface area contributed by atoms with E-state index in [1.54, 1.807) is 0 Å². The summed E-state index contributed by atoms with van der Waals surface area (Å²) in [4.78, 5) is 9.29. The summed E-state index contributed by atoms with van der Waals surface area (Å²) in [6, 6.07) is 75.4. The predicted molar refractivity (Wildman–Crippen MR) is 242 cm³/mol. The molecule has 0 fully saturated rings. The van der Waals surface area contributed by atoms with Gasteiger partial charge in [-0.2, -0.15) is 0 Å². The van der Waals surface area contributed by atoms with Gasteiger partial charge < -0.3 is 24.3 Å². The van der Waals surface area contributed by atoms with E-state index in [2.05, 4.69) is 227 Å². The van der Waals surface area contributed by atoms with Crippen LogP contribution in [-0.2, 0) is 0 Å². The van der Waals surface area contributed by atoms with Gasteiger partial charge in [0.15, 0.2) is 11.5 Å². The van der Waals surface area contributed by atoms with E-state index in [9.17, 15) is 0 Å².